The second kappa shape index (κ2) is 5.29. The van der Waals surface area contributed by atoms with E-state index in [2.05, 4.69) is 15.8 Å². The maximum Gasteiger partial charge on any atom is 0.234 e. The highest BCUT2D eigenvalue weighted by molar-refractivity contribution is 5.90. The molecule has 1 unspecified atom stereocenters. The van der Waals surface area contributed by atoms with Gasteiger partial charge in [-0.2, -0.15) is 0 Å². The van der Waals surface area contributed by atoms with Crippen molar-refractivity contribution in [2.24, 2.45) is 0 Å². The lowest BCUT2D eigenvalue weighted by molar-refractivity contribution is -0.119. The lowest BCUT2D eigenvalue weighted by atomic mass is 10.2. The number of nitrogens with zero attached hydrogens (tertiary/aromatic N) is 1. The summed E-state index contributed by atoms with van der Waals surface area (Å²) in [5.74, 6) is 0.314. The Bertz CT molecular complexity index is 397. The number of carbonyl (C=O) groups excluding carboxylic acids is 1. The lowest BCUT2D eigenvalue weighted by Crippen LogP contribution is -2.40. The van der Waals surface area contributed by atoms with E-state index in [0.29, 0.717) is 25.5 Å². The minimum atomic E-state index is -0.113. The average molecular weight is 239 g/mol. The molecule has 94 valence electrons. The van der Waals surface area contributed by atoms with Crippen molar-refractivity contribution in [3.8, 4) is 0 Å². The first-order valence-electron chi connectivity index (χ1n) is 5.72. The Morgan fingerprint density at radius 2 is 2.41 bits per heavy atom. The number of hydrogen-bond donors (Lipinski definition) is 2. The molecule has 0 radical (unpaired) electrons. The van der Waals surface area contributed by atoms with Gasteiger partial charge >= 0.3 is 0 Å². The van der Waals surface area contributed by atoms with E-state index < -0.39 is 0 Å². The van der Waals surface area contributed by atoms with Crippen molar-refractivity contribution < 1.29 is 14.1 Å². The van der Waals surface area contributed by atoms with Crippen molar-refractivity contribution in [3.63, 3.8) is 0 Å². The van der Waals surface area contributed by atoms with Gasteiger partial charge in [-0.1, -0.05) is 5.16 Å². The number of rotatable bonds is 3. The lowest BCUT2D eigenvalue weighted by Gasteiger charge is -2.22. The zero-order chi connectivity index (χ0) is 12.3. The molecule has 6 heteroatoms. The molecule has 0 aliphatic carbocycles. The maximum atomic E-state index is 11.7. The van der Waals surface area contributed by atoms with Gasteiger partial charge in [0.15, 0.2) is 0 Å². The predicted molar refractivity (Wildman–Crippen MR) is 61.8 cm³/mol. The number of anilines is 1. The molecular weight excluding hydrogens is 222 g/mol. The van der Waals surface area contributed by atoms with Crippen LogP contribution < -0.4 is 10.6 Å². The predicted octanol–water partition coefficient (Wildman–Crippen LogP) is 0.608. The second-order valence-corrected chi connectivity index (χ2v) is 4.17. The molecule has 2 N–H and O–H groups in total. The Morgan fingerprint density at radius 3 is 3.00 bits per heavy atom. The zero-order valence-corrected chi connectivity index (χ0v) is 10.1. The molecule has 0 aromatic carbocycles. The van der Waals surface area contributed by atoms with Gasteiger partial charge in [0.25, 0.3) is 0 Å². The summed E-state index contributed by atoms with van der Waals surface area (Å²) in [4.78, 5) is 11.7. The van der Waals surface area contributed by atoms with Gasteiger partial charge in [-0.3, -0.25) is 10.1 Å². The quantitative estimate of drug-likeness (QED) is 0.808. The Kier molecular flexibility index (Phi) is 3.75. The molecule has 1 fully saturated rings. The fourth-order valence-corrected chi connectivity index (χ4v) is 1.67. The average Bonchev–Trinajstić information content (AvgIpc) is 2.62. The summed E-state index contributed by atoms with van der Waals surface area (Å²) >= 11 is 0. The number of carbonyl (C=O) groups is 1. The molecule has 1 aromatic rings. The number of aromatic nitrogens is 1. The number of amides is 1. The highest BCUT2D eigenvalue weighted by Gasteiger charge is 2.19. The van der Waals surface area contributed by atoms with Crippen LogP contribution in [0.15, 0.2) is 4.52 Å². The van der Waals surface area contributed by atoms with Crippen LogP contribution in [0.1, 0.15) is 17.7 Å². The number of morpholine rings is 1. The van der Waals surface area contributed by atoms with Gasteiger partial charge in [0, 0.05) is 18.7 Å². The second-order valence-electron chi connectivity index (χ2n) is 4.17. The summed E-state index contributed by atoms with van der Waals surface area (Å²) in [6.45, 7) is 5.90. The van der Waals surface area contributed by atoms with Crippen LogP contribution in [-0.4, -0.2) is 36.9 Å². The van der Waals surface area contributed by atoms with E-state index in [0.717, 1.165) is 17.8 Å². The summed E-state index contributed by atoms with van der Waals surface area (Å²) < 4.78 is 10.5. The third-order valence-electron chi connectivity index (χ3n) is 2.83. The summed E-state index contributed by atoms with van der Waals surface area (Å²) in [6, 6.07) is 0. The third kappa shape index (κ3) is 3.04. The smallest absolute Gasteiger partial charge is 0.234 e. The van der Waals surface area contributed by atoms with Crippen molar-refractivity contribution in [1.82, 2.24) is 10.5 Å². The molecule has 1 aliphatic rings. The van der Waals surface area contributed by atoms with Crippen molar-refractivity contribution >= 4 is 11.8 Å². The topological polar surface area (TPSA) is 76.4 Å². The first-order valence-corrected chi connectivity index (χ1v) is 5.72. The Hall–Kier alpha value is -1.40. The van der Waals surface area contributed by atoms with Crippen LogP contribution in [0.2, 0.25) is 0 Å². The minimum absolute atomic E-state index is 0.0620. The van der Waals surface area contributed by atoms with Crippen LogP contribution in [0.4, 0.5) is 5.88 Å². The normalized spacial score (nSPS) is 20.2. The first kappa shape index (κ1) is 12.1. The summed E-state index contributed by atoms with van der Waals surface area (Å²) in [5.41, 5.74) is 1.65. The SMILES string of the molecule is Cc1noc(NC(=O)CC2CNCCO2)c1C. The van der Waals surface area contributed by atoms with Crippen LogP contribution in [0.25, 0.3) is 0 Å². The van der Waals surface area contributed by atoms with E-state index in [1.54, 1.807) is 0 Å². The molecule has 0 saturated carbocycles. The molecule has 2 heterocycles. The van der Waals surface area contributed by atoms with Gasteiger partial charge in [0.2, 0.25) is 11.8 Å². The molecule has 1 aromatic heterocycles. The maximum absolute atomic E-state index is 11.7. The molecular formula is C11H17N3O3. The zero-order valence-electron chi connectivity index (χ0n) is 10.1. The van der Waals surface area contributed by atoms with Gasteiger partial charge < -0.3 is 14.6 Å². The van der Waals surface area contributed by atoms with Crippen LogP contribution in [0, 0.1) is 13.8 Å². The fourth-order valence-electron chi connectivity index (χ4n) is 1.67. The highest BCUT2D eigenvalue weighted by Crippen LogP contribution is 2.17. The fraction of sp³-hybridized carbons (Fsp3) is 0.636. The van der Waals surface area contributed by atoms with Crippen LogP contribution >= 0.6 is 0 Å². The van der Waals surface area contributed by atoms with E-state index in [1.807, 2.05) is 13.8 Å². The highest BCUT2D eigenvalue weighted by atomic mass is 16.5. The van der Waals surface area contributed by atoms with Gasteiger partial charge in [-0.15, -0.1) is 0 Å². The Labute approximate surface area is 99.7 Å². The van der Waals surface area contributed by atoms with Gasteiger partial charge in [0.05, 0.1) is 24.8 Å². The van der Waals surface area contributed by atoms with Gasteiger partial charge in [-0.05, 0) is 13.8 Å². The third-order valence-corrected chi connectivity index (χ3v) is 2.83. The molecule has 17 heavy (non-hydrogen) atoms. The molecule has 0 spiro atoms. The molecule has 1 amide bonds. The van der Waals surface area contributed by atoms with E-state index >= 15 is 0 Å². The van der Waals surface area contributed by atoms with Crippen molar-refractivity contribution in [2.75, 3.05) is 25.0 Å². The van der Waals surface area contributed by atoms with Gasteiger partial charge in [0.1, 0.15) is 0 Å². The van der Waals surface area contributed by atoms with Crippen LogP contribution in [0.3, 0.4) is 0 Å². The molecule has 1 saturated heterocycles. The molecule has 1 atom stereocenters. The first-order chi connectivity index (χ1) is 8.16. The monoisotopic (exact) mass is 239 g/mol. The van der Waals surface area contributed by atoms with E-state index in [-0.39, 0.29) is 12.0 Å². The number of hydrogen-bond acceptors (Lipinski definition) is 5. The summed E-state index contributed by atoms with van der Waals surface area (Å²) in [5, 5.41) is 9.66. The van der Waals surface area contributed by atoms with Gasteiger partial charge in [-0.25, -0.2) is 0 Å². The minimum Gasteiger partial charge on any atom is -0.375 e. The van der Waals surface area contributed by atoms with Crippen molar-refractivity contribution in [3.05, 3.63) is 11.3 Å². The molecule has 6 nitrogen and oxygen atoms in total. The van der Waals surface area contributed by atoms with Crippen molar-refractivity contribution in [2.45, 2.75) is 26.4 Å². The van der Waals surface area contributed by atoms with Crippen LogP contribution in [0.5, 0.6) is 0 Å². The summed E-state index contributed by atoms with van der Waals surface area (Å²) in [7, 11) is 0. The van der Waals surface area contributed by atoms with E-state index in [4.69, 9.17) is 9.26 Å². The Morgan fingerprint density at radius 1 is 1.59 bits per heavy atom. The molecule has 0 bridgehead atoms. The van der Waals surface area contributed by atoms with E-state index in [1.165, 1.54) is 0 Å². The van der Waals surface area contributed by atoms with Crippen LogP contribution in [-0.2, 0) is 9.53 Å². The van der Waals surface area contributed by atoms with Crippen molar-refractivity contribution in [1.29, 1.82) is 0 Å². The van der Waals surface area contributed by atoms with E-state index in [9.17, 15) is 4.79 Å². The largest absolute Gasteiger partial charge is 0.375 e. The molecule has 1 aliphatic heterocycles. The standard InChI is InChI=1S/C11H17N3O3/c1-7-8(2)14-17-11(7)13-10(15)5-9-6-12-3-4-16-9/h9,12H,3-6H2,1-2H3,(H,13,15). The summed E-state index contributed by atoms with van der Waals surface area (Å²) in [6.07, 6.45) is 0.264. The number of ether oxygens (including phenoxy) is 1. The molecule has 2 rings (SSSR count). The Balaban J connectivity index is 1.86. The number of aryl methyl sites for hydroxylation is 1. The number of nitrogens with one attached hydrogen (secondary N) is 2.